The van der Waals surface area contributed by atoms with Crippen LogP contribution in [0.15, 0.2) is 0 Å². The third-order valence-electron chi connectivity index (χ3n) is 0.211. The van der Waals surface area contributed by atoms with Crippen molar-refractivity contribution in [2.24, 2.45) is 0 Å². The van der Waals surface area contributed by atoms with Crippen LogP contribution in [0.2, 0.25) is 0 Å². The average Bonchev–Trinajstić information content (AvgIpc) is 1.38. The fourth-order valence-corrected chi connectivity index (χ4v) is 0. The fraction of sp³-hybridized carbons (Fsp3) is 0.667. The van der Waals surface area contributed by atoms with E-state index in [2.05, 4.69) is 0 Å². The van der Waals surface area contributed by atoms with Crippen molar-refractivity contribution in [1.82, 2.24) is 4.90 Å². The van der Waals surface area contributed by atoms with Gasteiger partial charge < -0.3 is 18.4 Å². The molecule has 0 heterocycles. The topological polar surface area (TPSA) is 20.3 Å². The quantitative estimate of drug-likeness (QED) is 0.158. The van der Waals surface area contributed by atoms with Gasteiger partial charge in [-0.1, -0.05) is 0 Å². The Hall–Kier alpha value is 0.820. The molecule has 0 spiro atoms. The van der Waals surface area contributed by atoms with Gasteiger partial charge in [0.2, 0.25) is 6.41 Å². The van der Waals surface area contributed by atoms with Crippen molar-refractivity contribution < 1.29 is 34.4 Å². The molecule has 0 atom stereocenters. The normalized spacial score (nSPS) is 4.86. The molecule has 0 radical (unpaired) electrons. The summed E-state index contributed by atoms with van der Waals surface area (Å²) in [5, 5.41) is 0. The van der Waals surface area contributed by atoms with E-state index in [0.29, 0.717) is 0 Å². The molecule has 4 heteroatoms. The van der Waals surface area contributed by atoms with Gasteiger partial charge in [-0.2, -0.15) is 0 Å². The molecule has 0 bridgehead atoms. The maximum absolute atomic E-state index is 9.43. The Morgan fingerprint density at radius 2 is 1.57 bits per heavy atom. The Morgan fingerprint density at radius 3 is 1.57 bits per heavy atom. The largest absolute Gasteiger partial charge is 1.00 e. The molecule has 0 unspecified atom stereocenters. The minimum absolute atomic E-state index is 0. The van der Waals surface area contributed by atoms with Crippen molar-refractivity contribution in [3.63, 3.8) is 0 Å². The van der Waals surface area contributed by atoms with Gasteiger partial charge >= 0.3 is 29.6 Å². The van der Waals surface area contributed by atoms with Crippen molar-refractivity contribution in [2.75, 3.05) is 14.1 Å². The van der Waals surface area contributed by atoms with Crippen LogP contribution < -0.4 is 29.6 Å². The van der Waals surface area contributed by atoms with Crippen LogP contribution in [0.1, 0.15) is 0 Å². The summed E-state index contributed by atoms with van der Waals surface area (Å²) in [4.78, 5) is 10.9. The smallest absolute Gasteiger partial charge is 0.813 e. The van der Waals surface area contributed by atoms with Gasteiger partial charge in [0.25, 0.3) is 0 Å². The molecule has 0 aromatic heterocycles. The van der Waals surface area contributed by atoms with Gasteiger partial charge in [0.05, 0.1) is 0 Å². The molecule has 0 aliphatic heterocycles. The van der Waals surface area contributed by atoms with E-state index in [1.807, 2.05) is 0 Å². The van der Waals surface area contributed by atoms with E-state index < -0.39 is 0 Å². The van der Waals surface area contributed by atoms with Gasteiger partial charge in [-0.15, -0.1) is 0 Å². The van der Waals surface area contributed by atoms with E-state index >= 15 is 0 Å². The molecule has 0 saturated carbocycles. The minimum atomic E-state index is 0. The second-order valence-electron chi connectivity index (χ2n) is 1.07. The van der Waals surface area contributed by atoms with Crippen LogP contribution in [-0.4, -0.2) is 25.4 Å². The van der Waals surface area contributed by atoms with Crippen molar-refractivity contribution in [2.45, 2.75) is 0 Å². The maximum Gasteiger partial charge on any atom is 1.00 e. The van der Waals surface area contributed by atoms with Gasteiger partial charge in [0.1, 0.15) is 0 Å². The molecule has 0 aliphatic rings. The van der Waals surface area contributed by atoms with E-state index in [1.54, 1.807) is 14.1 Å². The van der Waals surface area contributed by atoms with Gasteiger partial charge in [0.15, 0.2) is 0 Å². The predicted octanol–water partition coefficient (Wildman–Crippen LogP) is -3.56. The summed E-state index contributed by atoms with van der Waals surface area (Å²) in [5.41, 5.74) is 0. The number of thiol groups is 1. The SMILES string of the molecule is CN(C)C=O.[Na+].[SH-]. The van der Waals surface area contributed by atoms with Crippen molar-refractivity contribution in [3.8, 4) is 0 Å². The number of amides is 1. The van der Waals surface area contributed by atoms with E-state index in [9.17, 15) is 4.79 Å². The average molecular weight is 129 g/mol. The van der Waals surface area contributed by atoms with Gasteiger partial charge in [-0.05, 0) is 0 Å². The summed E-state index contributed by atoms with van der Waals surface area (Å²) in [5.74, 6) is 0. The summed E-state index contributed by atoms with van der Waals surface area (Å²) in [6.45, 7) is 0. The summed E-state index contributed by atoms with van der Waals surface area (Å²) >= 11 is 0. The van der Waals surface area contributed by atoms with Gasteiger partial charge in [-0.25, -0.2) is 0 Å². The number of carbonyl (C=O) groups is 1. The first-order valence-corrected chi connectivity index (χ1v) is 1.39. The van der Waals surface area contributed by atoms with E-state index in [0.717, 1.165) is 6.41 Å². The summed E-state index contributed by atoms with van der Waals surface area (Å²) in [7, 11) is 3.38. The van der Waals surface area contributed by atoms with E-state index in [1.165, 1.54) is 4.90 Å². The molecule has 0 aliphatic carbocycles. The Bertz CT molecular complexity index is 41.9. The number of hydrogen-bond donors (Lipinski definition) is 0. The monoisotopic (exact) mass is 129 g/mol. The van der Waals surface area contributed by atoms with Crippen LogP contribution >= 0.6 is 0 Å². The third-order valence-corrected chi connectivity index (χ3v) is 0.211. The second kappa shape index (κ2) is 9.94. The van der Waals surface area contributed by atoms with E-state index in [-0.39, 0.29) is 43.1 Å². The summed E-state index contributed by atoms with van der Waals surface area (Å²) in [6, 6.07) is 0. The second-order valence-corrected chi connectivity index (χ2v) is 1.07. The molecule has 7 heavy (non-hydrogen) atoms. The molecule has 1 amide bonds. The Kier molecular flexibility index (Phi) is 22.2. The molecule has 0 rings (SSSR count). The Labute approximate surface area is 73.0 Å². The molecule has 2 nitrogen and oxygen atoms in total. The van der Waals surface area contributed by atoms with E-state index in [4.69, 9.17) is 0 Å². The van der Waals surface area contributed by atoms with Crippen LogP contribution in [0, 0.1) is 0 Å². The summed E-state index contributed by atoms with van der Waals surface area (Å²) in [6.07, 6.45) is 0.750. The Morgan fingerprint density at radius 1 is 1.43 bits per heavy atom. The van der Waals surface area contributed by atoms with Crippen LogP contribution in [0.4, 0.5) is 0 Å². The molecule has 0 aromatic rings. The van der Waals surface area contributed by atoms with Gasteiger partial charge in [0, 0.05) is 14.1 Å². The zero-order chi connectivity index (χ0) is 4.28. The van der Waals surface area contributed by atoms with Crippen LogP contribution in [0.3, 0.4) is 0 Å². The number of hydrogen-bond acceptors (Lipinski definition) is 2. The zero-order valence-corrected chi connectivity index (χ0v) is 7.77. The van der Waals surface area contributed by atoms with Gasteiger partial charge in [-0.3, -0.25) is 4.79 Å². The first kappa shape index (κ1) is 15.7. The van der Waals surface area contributed by atoms with Crippen molar-refractivity contribution >= 4 is 19.9 Å². The van der Waals surface area contributed by atoms with Crippen LogP contribution in [0.25, 0.3) is 0 Å². The molecule has 38 valence electrons. The standard InChI is InChI=1S/C3H7NO.Na.H2S/c1-4(2)3-5;;/h3H,1-2H3;;1H2/q;+1;/p-1. The van der Waals surface area contributed by atoms with Crippen molar-refractivity contribution in [3.05, 3.63) is 0 Å². The number of rotatable bonds is 1. The zero-order valence-electron chi connectivity index (χ0n) is 4.88. The maximum atomic E-state index is 9.43. The van der Waals surface area contributed by atoms with Crippen LogP contribution in [-0.2, 0) is 18.3 Å². The van der Waals surface area contributed by atoms with Crippen LogP contribution in [0.5, 0.6) is 0 Å². The molecule has 0 N–H and O–H groups in total. The molecule has 0 aromatic carbocycles. The minimum Gasteiger partial charge on any atom is -0.813 e. The Balaban J connectivity index is -0.0000000800. The molecular weight excluding hydrogens is 121 g/mol. The third kappa shape index (κ3) is 19.9. The van der Waals surface area contributed by atoms with Crippen molar-refractivity contribution in [1.29, 1.82) is 0 Å². The first-order valence-electron chi connectivity index (χ1n) is 1.39. The summed E-state index contributed by atoms with van der Waals surface area (Å²) < 4.78 is 0. The predicted molar refractivity (Wildman–Crippen MR) is 28.5 cm³/mol. The molecular formula is C3H8NNaOS. The number of nitrogens with zero attached hydrogens (tertiary/aromatic N) is 1. The number of carbonyl (C=O) groups excluding carboxylic acids is 1. The first-order chi connectivity index (χ1) is 2.27. The fourth-order valence-electron chi connectivity index (χ4n) is 0. The molecule has 0 fully saturated rings. The molecule has 0 saturated heterocycles.